The second kappa shape index (κ2) is 5.30. The van der Waals surface area contributed by atoms with Crippen molar-refractivity contribution in [3.05, 3.63) is 54.1 Å². The highest BCUT2D eigenvalue weighted by Crippen LogP contribution is 2.30. The van der Waals surface area contributed by atoms with Gasteiger partial charge in [-0.3, -0.25) is 0 Å². The lowest BCUT2D eigenvalue weighted by Crippen LogP contribution is -2.10. The van der Waals surface area contributed by atoms with E-state index in [2.05, 4.69) is 43.1 Å². The Morgan fingerprint density at radius 2 is 1.50 bits per heavy atom. The van der Waals surface area contributed by atoms with Gasteiger partial charge in [0.1, 0.15) is 5.75 Å². The Kier molecular flexibility index (Phi) is 3.45. The van der Waals surface area contributed by atoms with Gasteiger partial charge in [-0.15, -0.1) is 10.2 Å². The summed E-state index contributed by atoms with van der Waals surface area (Å²) >= 11 is 0. The Morgan fingerprint density at radius 3 is 2.14 bits per heavy atom. The van der Waals surface area contributed by atoms with Gasteiger partial charge in [-0.2, -0.15) is 0 Å². The zero-order valence-electron chi connectivity index (χ0n) is 12.9. The van der Waals surface area contributed by atoms with Crippen LogP contribution in [0.1, 0.15) is 26.3 Å². The van der Waals surface area contributed by atoms with Crippen molar-refractivity contribution in [2.45, 2.75) is 26.2 Å². The van der Waals surface area contributed by atoms with E-state index in [0.717, 1.165) is 5.56 Å². The van der Waals surface area contributed by atoms with E-state index in [1.807, 2.05) is 18.2 Å². The van der Waals surface area contributed by atoms with Crippen molar-refractivity contribution in [1.29, 1.82) is 0 Å². The fourth-order valence-electron chi connectivity index (χ4n) is 2.22. The van der Waals surface area contributed by atoms with Crippen molar-refractivity contribution < 1.29 is 9.52 Å². The number of aromatic nitrogens is 2. The molecule has 0 aliphatic heterocycles. The summed E-state index contributed by atoms with van der Waals surface area (Å²) in [6, 6.07) is 15.0. The minimum atomic E-state index is 0.106. The molecule has 3 rings (SSSR count). The van der Waals surface area contributed by atoms with E-state index >= 15 is 0 Å². The summed E-state index contributed by atoms with van der Waals surface area (Å²) < 4.78 is 5.68. The zero-order valence-corrected chi connectivity index (χ0v) is 12.9. The molecule has 4 nitrogen and oxygen atoms in total. The number of rotatable bonds is 2. The molecule has 4 heteroatoms. The number of aromatic hydroxyl groups is 1. The van der Waals surface area contributed by atoms with Crippen molar-refractivity contribution >= 4 is 0 Å². The maximum atomic E-state index is 9.84. The standard InChI is InChI=1S/C18H18N2O2/c1-18(2,3)13-10-8-12(9-11-13)16-19-20-17(22-16)14-6-4-5-7-15(14)21/h4-11,21H,1-3H3. The largest absolute Gasteiger partial charge is 0.507 e. The quantitative estimate of drug-likeness (QED) is 0.760. The average molecular weight is 294 g/mol. The minimum absolute atomic E-state index is 0.106. The van der Waals surface area contributed by atoms with Crippen LogP contribution >= 0.6 is 0 Å². The third kappa shape index (κ3) is 2.72. The summed E-state index contributed by atoms with van der Waals surface area (Å²) in [4.78, 5) is 0. The Labute approximate surface area is 129 Å². The summed E-state index contributed by atoms with van der Waals surface area (Å²) in [6.07, 6.45) is 0. The number of hydrogen-bond donors (Lipinski definition) is 1. The van der Waals surface area contributed by atoms with Gasteiger partial charge >= 0.3 is 0 Å². The number of nitrogens with zero attached hydrogens (tertiary/aromatic N) is 2. The second-order valence-electron chi connectivity index (χ2n) is 6.26. The first kappa shape index (κ1) is 14.3. The van der Waals surface area contributed by atoms with Crippen LogP contribution in [-0.4, -0.2) is 15.3 Å². The Bertz CT molecular complexity index is 783. The van der Waals surface area contributed by atoms with Crippen molar-refractivity contribution in [3.8, 4) is 28.7 Å². The van der Waals surface area contributed by atoms with E-state index in [0.29, 0.717) is 17.3 Å². The first-order chi connectivity index (χ1) is 10.4. The van der Waals surface area contributed by atoms with Crippen LogP contribution in [-0.2, 0) is 5.41 Å². The van der Waals surface area contributed by atoms with Gasteiger partial charge in [0.05, 0.1) is 5.56 Å². The summed E-state index contributed by atoms with van der Waals surface area (Å²) in [5, 5.41) is 17.9. The third-order valence-corrected chi connectivity index (χ3v) is 3.56. The molecular formula is C18H18N2O2. The summed E-state index contributed by atoms with van der Waals surface area (Å²) in [5.74, 6) is 0.882. The molecule has 0 aliphatic carbocycles. The molecule has 0 saturated heterocycles. The summed E-state index contributed by atoms with van der Waals surface area (Å²) in [7, 11) is 0. The van der Waals surface area contributed by atoms with Crippen LogP contribution < -0.4 is 0 Å². The van der Waals surface area contributed by atoms with Gasteiger partial charge in [-0.25, -0.2) is 0 Å². The maximum absolute atomic E-state index is 9.84. The SMILES string of the molecule is CC(C)(C)c1ccc(-c2nnc(-c3ccccc3O)o2)cc1. The third-order valence-electron chi connectivity index (χ3n) is 3.56. The van der Waals surface area contributed by atoms with E-state index in [1.165, 1.54) is 5.56 Å². The van der Waals surface area contributed by atoms with Gasteiger partial charge in [0.15, 0.2) is 0 Å². The van der Waals surface area contributed by atoms with Crippen molar-refractivity contribution in [2.75, 3.05) is 0 Å². The smallest absolute Gasteiger partial charge is 0.251 e. The highest BCUT2D eigenvalue weighted by molar-refractivity contribution is 5.63. The Morgan fingerprint density at radius 1 is 0.864 bits per heavy atom. The van der Waals surface area contributed by atoms with Crippen LogP contribution in [0, 0.1) is 0 Å². The molecular weight excluding hydrogens is 276 g/mol. The average Bonchev–Trinajstić information content (AvgIpc) is 2.96. The van der Waals surface area contributed by atoms with Crippen molar-refractivity contribution in [2.24, 2.45) is 0 Å². The lowest BCUT2D eigenvalue weighted by atomic mass is 9.87. The van der Waals surface area contributed by atoms with E-state index < -0.39 is 0 Å². The number of phenolic OH excluding ortho intramolecular Hbond substituents is 1. The first-order valence-electron chi connectivity index (χ1n) is 7.18. The predicted molar refractivity (Wildman–Crippen MR) is 85.5 cm³/mol. The van der Waals surface area contributed by atoms with Crippen molar-refractivity contribution in [1.82, 2.24) is 10.2 Å². The fraction of sp³-hybridized carbons (Fsp3) is 0.222. The molecule has 1 N–H and O–H groups in total. The van der Waals surface area contributed by atoms with Gasteiger partial charge in [-0.1, -0.05) is 45.0 Å². The predicted octanol–water partition coefficient (Wildman–Crippen LogP) is 4.41. The molecule has 0 saturated carbocycles. The highest BCUT2D eigenvalue weighted by atomic mass is 16.4. The van der Waals surface area contributed by atoms with Gasteiger partial charge < -0.3 is 9.52 Å². The van der Waals surface area contributed by atoms with Gasteiger partial charge in [0.25, 0.3) is 5.89 Å². The van der Waals surface area contributed by atoms with E-state index in [1.54, 1.807) is 18.2 Å². The topological polar surface area (TPSA) is 59.2 Å². The van der Waals surface area contributed by atoms with E-state index in [-0.39, 0.29) is 11.2 Å². The number of phenols is 1. The molecule has 112 valence electrons. The molecule has 0 radical (unpaired) electrons. The number of para-hydroxylation sites is 1. The van der Waals surface area contributed by atoms with Crippen LogP contribution in [0.25, 0.3) is 22.9 Å². The highest BCUT2D eigenvalue weighted by Gasteiger charge is 2.16. The van der Waals surface area contributed by atoms with Gasteiger partial charge in [-0.05, 0) is 35.2 Å². The van der Waals surface area contributed by atoms with Crippen LogP contribution in [0.2, 0.25) is 0 Å². The summed E-state index contributed by atoms with van der Waals surface area (Å²) in [6.45, 7) is 6.51. The van der Waals surface area contributed by atoms with E-state index in [9.17, 15) is 5.11 Å². The molecule has 0 aliphatic rings. The van der Waals surface area contributed by atoms with Crippen LogP contribution in [0.15, 0.2) is 52.9 Å². The number of benzene rings is 2. The molecule has 0 bridgehead atoms. The molecule has 1 aromatic heterocycles. The molecule has 22 heavy (non-hydrogen) atoms. The fourth-order valence-corrected chi connectivity index (χ4v) is 2.22. The molecule has 3 aromatic rings. The molecule has 2 aromatic carbocycles. The molecule has 0 atom stereocenters. The Hall–Kier alpha value is -2.62. The summed E-state index contributed by atoms with van der Waals surface area (Å²) in [5.41, 5.74) is 2.75. The first-order valence-corrected chi connectivity index (χ1v) is 7.18. The molecule has 0 spiro atoms. The second-order valence-corrected chi connectivity index (χ2v) is 6.26. The minimum Gasteiger partial charge on any atom is -0.507 e. The zero-order chi connectivity index (χ0) is 15.7. The number of hydrogen-bond acceptors (Lipinski definition) is 4. The van der Waals surface area contributed by atoms with Crippen LogP contribution in [0.5, 0.6) is 5.75 Å². The monoisotopic (exact) mass is 294 g/mol. The molecule has 0 unspecified atom stereocenters. The lowest BCUT2D eigenvalue weighted by molar-refractivity contribution is 0.473. The molecule has 1 heterocycles. The van der Waals surface area contributed by atoms with Crippen LogP contribution in [0.4, 0.5) is 0 Å². The normalized spacial score (nSPS) is 11.6. The molecule has 0 amide bonds. The van der Waals surface area contributed by atoms with E-state index in [4.69, 9.17) is 4.42 Å². The van der Waals surface area contributed by atoms with Crippen molar-refractivity contribution in [3.63, 3.8) is 0 Å². The van der Waals surface area contributed by atoms with Gasteiger partial charge in [0.2, 0.25) is 5.89 Å². The lowest BCUT2D eigenvalue weighted by Gasteiger charge is -2.18. The Balaban J connectivity index is 1.93. The maximum Gasteiger partial charge on any atom is 0.251 e. The molecule has 0 fully saturated rings. The van der Waals surface area contributed by atoms with Gasteiger partial charge in [0, 0.05) is 5.56 Å². The van der Waals surface area contributed by atoms with Crippen LogP contribution in [0.3, 0.4) is 0 Å².